The summed E-state index contributed by atoms with van der Waals surface area (Å²) < 4.78 is 0. The number of nitrogens with two attached hydrogens (primary N) is 2. The molecule has 0 heterocycles. The number of hydrogen-bond acceptors (Lipinski definition) is 3. The van der Waals surface area contributed by atoms with Crippen molar-refractivity contribution in [2.75, 3.05) is 5.32 Å². The van der Waals surface area contributed by atoms with Crippen molar-refractivity contribution in [3.63, 3.8) is 0 Å². The molecule has 0 radical (unpaired) electrons. The molecule has 2 amide bonds. The lowest BCUT2D eigenvalue weighted by Gasteiger charge is -2.11. The number of carbonyl (C=O) groups excluding carboxylic acids is 2. The molecule has 6 heteroatoms. The van der Waals surface area contributed by atoms with Crippen LogP contribution in [0.5, 0.6) is 0 Å². The second-order valence-electron chi connectivity index (χ2n) is 3.56. The molecule has 1 aromatic carbocycles. The predicted octanol–water partition coefficient (Wildman–Crippen LogP) is 1.11. The van der Waals surface area contributed by atoms with Crippen LogP contribution in [0.1, 0.15) is 23.7 Å². The van der Waals surface area contributed by atoms with E-state index in [1.54, 1.807) is 13.0 Å². The number of nitrogens with one attached hydrogen (secondary N) is 1. The molecule has 1 atom stereocenters. The Morgan fingerprint density at radius 2 is 2.12 bits per heavy atom. The van der Waals surface area contributed by atoms with Gasteiger partial charge < -0.3 is 16.8 Å². The van der Waals surface area contributed by atoms with E-state index in [-0.39, 0.29) is 16.5 Å². The van der Waals surface area contributed by atoms with E-state index in [0.717, 1.165) is 0 Å². The highest BCUT2D eigenvalue weighted by Gasteiger charge is 2.13. The molecule has 0 aliphatic heterocycles. The highest BCUT2D eigenvalue weighted by Crippen LogP contribution is 2.20. The van der Waals surface area contributed by atoms with Crippen molar-refractivity contribution in [2.45, 2.75) is 19.4 Å². The maximum atomic E-state index is 11.5. The van der Waals surface area contributed by atoms with E-state index >= 15 is 0 Å². The third-order valence-corrected chi connectivity index (χ3v) is 2.61. The summed E-state index contributed by atoms with van der Waals surface area (Å²) in [7, 11) is 0. The standard InChI is InChI=1S/C11H14ClN3O2/c1-2-9(13)11(17)15-6-3-4-8(12)7(5-6)10(14)16/h3-5,9H,2,13H2,1H3,(H2,14,16)(H,15,17)/t9-/m0/s1. The lowest BCUT2D eigenvalue weighted by atomic mass is 10.1. The Bertz CT molecular complexity index is 448. The summed E-state index contributed by atoms with van der Waals surface area (Å²) >= 11 is 5.78. The molecule has 92 valence electrons. The van der Waals surface area contributed by atoms with E-state index in [9.17, 15) is 9.59 Å². The lowest BCUT2D eigenvalue weighted by Crippen LogP contribution is -2.34. The van der Waals surface area contributed by atoms with Crippen molar-refractivity contribution in [2.24, 2.45) is 11.5 Å². The zero-order valence-electron chi connectivity index (χ0n) is 9.37. The van der Waals surface area contributed by atoms with Crippen LogP contribution >= 0.6 is 11.6 Å². The van der Waals surface area contributed by atoms with E-state index in [1.807, 2.05) is 0 Å². The molecule has 17 heavy (non-hydrogen) atoms. The molecule has 0 spiro atoms. The number of hydrogen-bond donors (Lipinski definition) is 3. The Balaban J connectivity index is 2.90. The fraction of sp³-hybridized carbons (Fsp3) is 0.273. The molecule has 0 aromatic heterocycles. The van der Waals surface area contributed by atoms with Gasteiger partial charge in [-0.05, 0) is 24.6 Å². The van der Waals surface area contributed by atoms with Gasteiger partial charge in [0, 0.05) is 5.69 Å². The van der Waals surface area contributed by atoms with Gasteiger partial charge in [-0.2, -0.15) is 0 Å². The molecule has 0 unspecified atom stereocenters. The molecule has 0 bridgehead atoms. The van der Waals surface area contributed by atoms with Gasteiger partial charge in [-0.1, -0.05) is 18.5 Å². The average Bonchev–Trinajstić information content (AvgIpc) is 2.30. The van der Waals surface area contributed by atoms with Gasteiger partial charge in [0.25, 0.3) is 0 Å². The molecule has 1 rings (SSSR count). The number of carbonyl (C=O) groups is 2. The minimum Gasteiger partial charge on any atom is -0.366 e. The highest BCUT2D eigenvalue weighted by atomic mass is 35.5. The summed E-state index contributed by atoms with van der Waals surface area (Å²) in [6.45, 7) is 1.81. The monoisotopic (exact) mass is 255 g/mol. The summed E-state index contributed by atoms with van der Waals surface area (Å²) in [5, 5.41) is 2.83. The first-order chi connectivity index (χ1) is 7.95. The first-order valence-electron chi connectivity index (χ1n) is 5.11. The predicted molar refractivity (Wildman–Crippen MR) is 66.9 cm³/mol. The largest absolute Gasteiger partial charge is 0.366 e. The zero-order valence-corrected chi connectivity index (χ0v) is 10.1. The van der Waals surface area contributed by atoms with Crippen molar-refractivity contribution in [1.82, 2.24) is 0 Å². The van der Waals surface area contributed by atoms with Crippen LogP contribution in [0.4, 0.5) is 5.69 Å². The highest BCUT2D eigenvalue weighted by molar-refractivity contribution is 6.34. The van der Waals surface area contributed by atoms with Gasteiger partial charge >= 0.3 is 0 Å². The van der Waals surface area contributed by atoms with Gasteiger partial charge in [0.1, 0.15) is 0 Å². The van der Waals surface area contributed by atoms with Crippen molar-refractivity contribution in [3.8, 4) is 0 Å². The SMILES string of the molecule is CC[C@H](N)C(=O)Nc1ccc(Cl)c(C(N)=O)c1. The summed E-state index contributed by atoms with van der Waals surface area (Å²) in [6, 6.07) is 3.91. The summed E-state index contributed by atoms with van der Waals surface area (Å²) in [6.07, 6.45) is 0.530. The second-order valence-corrected chi connectivity index (χ2v) is 3.97. The Morgan fingerprint density at radius 3 is 2.65 bits per heavy atom. The number of halogens is 1. The van der Waals surface area contributed by atoms with Gasteiger partial charge in [0.2, 0.25) is 11.8 Å². The molecular formula is C11H14ClN3O2. The van der Waals surface area contributed by atoms with Crippen molar-refractivity contribution in [1.29, 1.82) is 0 Å². The average molecular weight is 256 g/mol. The third kappa shape index (κ3) is 3.44. The molecular weight excluding hydrogens is 242 g/mol. The molecule has 0 fully saturated rings. The normalized spacial score (nSPS) is 11.9. The summed E-state index contributed by atoms with van der Waals surface area (Å²) in [4.78, 5) is 22.6. The molecule has 0 saturated heterocycles. The number of anilines is 1. The maximum Gasteiger partial charge on any atom is 0.250 e. The maximum absolute atomic E-state index is 11.5. The second kappa shape index (κ2) is 5.65. The number of primary amides is 1. The molecule has 0 aliphatic carbocycles. The summed E-state index contributed by atoms with van der Waals surface area (Å²) in [5.41, 5.74) is 11.3. The van der Waals surface area contributed by atoms with Crippen LogP contribution in [0.3, 0.4) is 0 Å². The molecule has 5 N–H and O–H groups in total. The van der Waals surface area contributed by atoms with E-state index in [4.69, 9.17) is 23.1 Å². The van der Waals surface area contributed by atoms with Crippen LogP contribution in [0.15, 0.2) is 18.2 Å². The molecule has 5 nitrogen and oxygen atoms in total. The van der Waals surface area contributed by atoms with Gasteiger partial charge in [0.05, 0.1) is 16.6 Å². The van der Waals surface area contributed by atoms with E-state index in [0.29, 0.717) is 12.1 Å². The Kier molecular flexibility index (Phi) is 4.48. The van der Waals surface area contributed by atoms with Crippen LogP contribution in [-0.2, 0) is 4.79 Å². The van der Waals surface area contributed by atoms with E-state index in [1.165, 1.54) is 12.1 Å². The first kappa shape index (κ1) is 13.5. The van der Waals surface area contributed by atoms with Gasteiger partial charge in [-0.25, -0.2) is 0 Å². The van der Waals surface area contributed by atoms with E-state index < -0.39 is 11.9 Å². The van der Waals surface area contributed by atoms with Crippen LogP contribution in [-0.4, -0.2) is 17.9 Å². The zero-order chi connectivity index (χ0) is 13.0. The smallest absolute Gasteiger partial charge is 0.250 e. The Hall–Kier alpha value is -1.59. The fourth-order valence-corrected chi connectivity index (χ4v) is 1.42. The van der Waals surface area contributed by atoms with Crippen LogP contribution in [0.2, 0.25) is 5.02 Å². The number of benzene rings is 1. The van der Waals surface area contributed by atoms with Gasteiger partial charge in [-0.15, -0.1) is 0 Å². The van der Waals surface area contributed by atoms with Crippen molar-refractivity contribution in [3.05, 3.63) is 28.8 Å². The Morgan fingerprint density at radius 1 is 1.47 bits per heavy atom. The molecule has 1 aromatic rings. The number of amides is 2. The van der Waals surface area contributed by atoms with E-state index in [2.05, 4.69) is 5.32 Å². The fourth-order valence-electron chi connectivity index (χ4n) is 1.21. The molecule has 0 aliphatic rings. The lowest BCUT2D eigenvalue weighted by molar-refractivity contribution is -0.117. The van der Waals surface area contributed by atoms with Gasteiger partial charge in [-0.3, -0.25) is 9.59 Å². The van der Waals surface area contributed by atoms with Crippen molar-refractivity contribution >= 4 is 29.1 Å². The van der Waals surface area contributed by atoms with Crippen LogP contribution in [0, 0.1) is 0 Å². The van der Waals surface area contributed by atoms with Crippen LogP contribution in [0.25, 0.3) is 0 Å². The first-order valence-corrected chi connectivity index (χ1v) is 5.49. The quantitative estimate of drug-likeness (QED) is 0.752. The number of rotatable bonds is 4. The minimum atomic E-state index is -0.647. The third-order valence-electron chi connectivity index (χ3n) is 2.28. The topological polar surface area (TPSA) is 98.2 Å². The van der Waals surface area contributed by atoms with Gasteiger partial charge in [0.15, 0.2) is 0 Å². The van der Waals surface area contributed by atoms with Crippen LogP contribution < -0.4 is 16.8 Å². The van der Waals surface area contributed by atoms with Crippen molar-refractivity contribution < 1.29 is 9.59 Å². The molecule has 0 saturated carbocycles. The Labute approximate surface area is 104 Å². The summed E-state index contributed by atoms with van der Waals surface area (Å²) in [5.74, 6) is -0.962. The minimum absolute atomic E-state index is 0.162.